The minimum Gasteiger partial charge on any atom is -0.409 e. The number of nitrogens with two attached hydrogens (primary N) is 1. The van der Waals surface area contributed by atoms with Crippen molar-refractivity contribution in [3.63, 3.8) is 0 Å². The quantitative estimate of drug-likeness (QED) is 0.134. The summed E-state index contributed by atoms with van der Waals surface area (Å²) in [7, 11) is 0. The smallest absolute Gasteiger partial charge is 0.144 e. The Morgan fingerprint density at radius 3 is 2.22 bits per heavy atom. The van der Waals surface area contributed by atoms with Crippen LogP contribution in [0.15, 0.2) is 5.16 Å². The second-order valence-electron chi connectivity index (χ2n) is 5.35. The van der Waals surface area contributed by atoms with Gasteiger partial charge in [0.05, 0.1) is 18.8 Å². The molecule has 6 nitrogen and oxygen atoms in total. The zero-order chi connectivity index (χ0) is 14.2. The van der Waals surface area contributed by atoms with Crippen molar-refractivity contribution >= 4 is 5.84 Å². The number of nitrogens with zero attached hydrogens (tertiary/aromatic N) is 1. The van der Waals surface area contributed by atoms with Crippen LogP contribution in [0.3, 0.4) is 0 Å². The molecule has 0 aliphatic carbocycles. The van der Waals surface area contributed by atoms with Gasteiger partial charge in [-0.25, -0.2) is 0 Å². The first-order valence-corrected chi connectivity index (χ1v) is 6.32. The Labute approximate surface area is 109 Å². The van der Waals surface area contributed by atoms with Crippen LogP contribution in [0.5, 0.6) is 0 Å². The maximum Gasteiger partial charge on any atom is 0.144 e. The van der Waals surface area contributed by atoms with Crippen molar-refractivity contribution < 1.29 is 15.4 Å². The fourth-order valence-electron chi connectivity index (χ4n) is 1.66. The Bertz CT molecular complexity index is 255. The predicted octanol–water partition coefficient (Wildman–Crippen LogP) is 0.262. The first-order chi connectivity index (χ1) is 8.37. The van der Waals surface area contributed by atoms with Gasteiger partial charge in [-0.3, -0.25) is 0 Å². The molecule has 0 aromatic rings. The van der Waals surface area contributed by atoms with Crippen LogP contribution < -0.4 is 11.1 Å². The number of hydrogen-bond donors (Lipinski definition) is 5. The molecule has 0 atom stereocenters. The van der Waals surface area contributed by atoms with Gasteiger partial charge in [-0.2, -0.15) is 0 Å². The second kappa shape index (κ2) is 7.56. The number of hydrogen-bond acceptors (Lipinski definition) is 5. The highest BCUT2D eigenvalue weighted by atomic mass is 16.4. The van der Waals surface area contributed by atoms with E-state index >= 15 is 0 Å². The summed E-state index contributed by atoms with van der Waals surface area (Å²) in [5.74, 6) is 0.216. The van der Waals surface area contributed by atoms with E-state index in [1.54, 1.807) is 0 Å². The molecular weight excluding hydrogens is 234 g/mol. The van der Waals surface area contributed by atoms with Gasteiger partial charge in [0.25, 0.3) is 0 Å². The van der Waals surface area contributed by atoms with Gasteiger partial charge in [-0.15, -0.1) is 0 Å². The first-order valence-electron chi connectivity index (χ1n) is 6.32. The Hall–Kier alpha value is -0.850. The summed E-state index contributed by atoms with van der Waals surface area (Å²) in [4.78, 5) is 0. The van der Waals surface area contributed by atoms with E-state index in [1.807, 2.05) is 20.8 Å². The van der Waals surface area contributed by atoms with Gasteiger partial charge in [0, 0.05) is 5.41 Å². The molecular formula is C12H27N3O3. The van der Waals surface area contributed by atoms with E-state index in [2.05, 4.69) is 10.5 Å². The minimum absolute atomic E-state index is 0.0936. The number of nitrogens with one attached hydrogen (secondary N) is 1. The third-order valence-corrected chi connectivity index (χ3v) is 3.56. The van der Waals surface area contributed by atoms with Gasteiger partial charge < -0.3 is 26.5 Å². The molecule has 0 amide bonds. The number of aliphatic hydroxyl groups is 2. The van der Waals surface area contributed by atoms with Crippen molar-refractivity contribution in [2.75, 3.05) is 19.8 Å². The lowest BCUT2D eigenvalue weighted by atomic mass is 9.86. The Morgan fingerprint density at radius 1 is 1.28 bits per heavy atom. The number of amidine groups is 1. The van der Waals surface area contributed by atoms with Crippen LogP contribution in [0.2, 0.25) is 0 Å². The molecule has 6 heteroatoms. The van der Waals surface area contributed by atoms with Crippen LogP contribution >= 0.6 is 0 Å². The molecule has 0 aromatic carbocycles. The van der Waals surface area contributed by atoms with Crippen LogP contribution in [0.1, 0.15) is 40.0 Å². The average Bonchev–Trinajstić information content (AvgIpc) is 2.38. The zero-order valence-electron chi connectivity index (χ0n) is 11.6. The van der Waals surface area contributed by atoms with E-state index in [0.717, 1.165) is 12.8 Å². The largest absolute Gasteiger partial charge is 0.409 e. The van der Waals surface area contributed by atoms with Gasteiger partial charge in [0.15, 0.2) is 0 Å². The fraction of sp³-hybridized carbons (Fsp3) is 0.917. The van der Waals surface area contributed by atoms with E-state index in [9.17, 15) is 10.2 Å². The lowest BCUT2D eigenvalue weighted by Gasteiger charge is -2.30. The van der Waals surface area contributed by atoms with E-state index in [0.29, 0.717) is 13.0 Å². The summed E-state index contributed by atoms with van der Waals surface area (Å²) in [6, 6.07) is 0. The molecule has 6 N–H and O–H groups in total. The molecule has 0 saturated heterocycles. The van der Waals surface area contributed by atoms with E-state index in [1.165, 1.54) is 0 Å². The van der Waals surface area contributed by atoms with Crippen molar-refractivity contribution in [1.82, 2.24) is 5.32 Å². The number of aliphatic hydroxyl groups excluding tert-OH is 2. The highest BCUT2D eigenvalue weighted by Gasteiger charge is 2.27. The van der Waals surface area contributed by atoms with Gasteiger partial charge in [-0.1, -0.05) is 25.9 Å². The number of oxime groups is 1. The summed E-state index contributed by atoms with van der Waals surface area (Å²) in [6.07, 6.45) is 2.22. The predicted molar refractivity (Wildman–Crippen MR) is 71.6 cm³/mol. The van der Waals surface area contributed by atoms with Crippen molar-refractivity contribution in [2.24, 2.45) is 16.3 Å². The van der Waals surface area contributed by atoms with Crippen molar-refractivity contribution in [2.45, 2.75) is 45.6 Å². The molecule has 18 heavy (non-hydrogen) atoms. The maximum absolute atomic E-state index is 9.27. The Morgan fingerprint density at radius 2 is 1.83 bits per heavy atom. The molecule has 0 aliphatic heterocycles. The Balaban J connectivity index is 4.14. The highest BCUT2D eigenvalue weighted by molar-refractivity contribution is 5.85. The summed E-state index contributed by atoms with van der Waals surface area (Å²) >= 11 is 0. The van der Waals surface area contributed by atoms with E-state index in [-0.39, 0.29) is 24.5 Å². The minimum atomic E-state index is -0.610. The van der Waals surface area contributed by atoms with Crippen LogP contribution in [-0.4, -0.2) is 46.6 Å². The van der Waals surface area contributed by atoms with Crippen LogP contribution in [0, 0.1) is 5.41 Å². The topological polar surface area (TPSA) is 111 Å². The monoisotopic (exact) mass is 261 g/mol. The lowest BCUT2D eigenvalue weighted by molar-refractivity contribution is 0.0872. The van der Waals surface area contributed by atoms with Crippen LogP contribution in [0.25, 0.3) is 0 Å². The molecule has 0 rings (SSSR count). The Kier molecular flexibility index (Phi) is 7.20. The summed E-state index contributed by atoms with van der Waals surface area (Å²) in [5.41, 5.74) is 4.63. The fourth-order valence-corrected chi connectivity index (χ4v) is 1.66. The molecule has 0 aliphatic rings. The highest BCUT2D eigenvalue weighted by Crippen LogP contribution is 2.22. The third kappa shape index (κ3) is 4.80. The average molecular weight is 261 g/mol. The van der Waals surface area contributed by atoms with Crippen molar-refractivity contribution in [1.29, 1.82) is 0 Å². The summed E-state index contributed by atoms with van der Waals surface area (Å²) in [6.45, 7) is 6.21. The summed E-state index contributed by atoms with van der Waals surface area (Å²) < 4.78 is 0. The van der Waals surface area contributed by atoms with E-state index in [4.69, 9.17) is 10.9 Å². The summed E-state index contributed by atoms with van der Waals surface area (Å²) in [5, 5.41) is 33.4. The zero-order valence-corrected chi connectivity index (χ0v) is 11.6. The van der Waals surface area contributed by atoms with E-state index < -0.39 is 5.54 Å². The molecule has 0 radical (unpaired) electrons. The number of rotatable bonds is 9. The molecule has 0 heterocycles. The van der Waals surface area contributed by atoms with Crippen molar-refractivity contribution in [3.05, 3.63) is 0 Å². The molecule has 0 aromatic heterocycles. The lowest BCUT2D eigenvalue weighted by Crippen LogP contribution is -2.51. The molecule has 0 saturated carbocycles. The SMILES string of the molecule is CCC(CO)(CO)NCCCC(C)(C)C(N)=NO. The van der Waals surface area contributed by atoms with Gasteiger partial charge in [-0.05, 0) is 25.8 Å². The molecule has 108 valence electrons. The first kappa shape index (κ1) is 17.2. The van der Waals surface area contributed by atoms with Crippen LogP contribution in [0.4, 0.5) is 0 Å². The molecule has 0 fully saturated rings. The van der Waals surface area contributed by atoms with Crippen molar-refractivity contribution in [3.8, 4) is 0 Å². The second-order valence-corrected chi connectivity index (χ2v) is 5.35. The molecule has 0 bridgehead atoms. The van der Waals surface area contributed by atoms with Gasteiger partial charge in [0.1, 0.15) is 5.84 Å². The standard InChI is InChI=1S/C12H27N3O3/c1-4-12(8-16,9-17)14-7-5-6-11(2,3)10(13)15-18/h14,16-18H,4-9H2,1-3H3,(H2,13,15). The third-order valence-electron chi connectivity index (χ3n) is 3.56. The van der Waals surface area contributed by atoms with Gasteiger partial charge >= 0.3 is 0 Å². The maximum atomic E-state index is 9.27. The molecule has 0 spiro atoms. The van der Waals surface area contributed by atoms with Crippen LogP contribution in [-0.2, 0) is 0 Å². The van der Waals surface area contributed by atoms with Gasteiger partial charge in [0.2, 0.25) is 0 Å². The normalized spacial score (nSPS) is 13.9. The molecule has 0 unspecified atom stereocenters.